The molecule has 1 aliphatic rings. The van der Waals surface area contributed by atoms with Gasteiger partial charge in [0.05, 0.1) is 0 Å². The van der Waals surface area contributed by atoms with Crippen LogP contribution in [0, 0.1) is 0 Å². The van der Waals surface area contributed by atoms with Crippen molar-refractivity contribution in [2.24, 2.45) is 0 Å². The highest BCUT2D eigenvalue weighted by Gasteiger charge is 2.19. The van der Waals surface area contributed by atoms with E-state index < -0.39 is 0 Å². The first kappa shape index (κ1) is 24.4. The van der Waals surface area contributed by atoms with E-state index in [1.54, 1.807) is 6.33 Å². The highest BCUT2D eigenvalue weighted by Crippen LogP contribution is 2.41. The molecule has 0 radical (unpaired) electrons. The number of rotatable bonds is 4. The molecule has 198 valence electrons. The summed E-state index contributed by atoms with van der Waals surface area (Å²) in [7, 11) is 0. The van der Waals surface area contributed by atoms with E-state index in [9.17, 15) is 0 Å². The van der Waals surface area contributed by atoms with Crippen LogP contribution in [0.5, 0.6) is 0 Å². The lowest BCUT2D eigenvalue weighted by atomic mass is 9.82. The van der Waals surface area contributed by atoms with Gasteiger partial charge in [0.1, 0.15) is 6.33 Å². The van der Waals surface area contributed by atoms with Crippen LogP contribution in [0.25, 0.3) is 67.1 Å². The van der Waals surface area contributed by atoms with Gasteiger partial charge >= 0.3 is 0 Å². The zero-order chi connectivity index (χ0) is 27.9. The molecule has 0 amide bonds. The van der Waals surface area contributed by atoms with Gasteiger partial charge in [-0.25, -0.2) is 15.0 Å². The van der Waals surface area contributed by atoms with Crippen molar-refractivity contribution in [2.45, 2.75) is 12.8 Å². The fourth-order valence-electron chi connectivity index (χ4n) is 6.38. The second kappa shape index (κ2) is 10.2. The van der Waals surface area contributed by atoms with Crippen LogP contribution in [-0.4, -0.2) is 15.0 Å². The van der Waals surface area contributed by atoms with E-state index in [-0.39, 0.29) is 0 Å². The predicted molar refractivity (Wildman–Crippen MR) is 174 cm³/mol. The number of hydrogen-bond donors (Lipinski definition) is 0. The van der Waals surface area contributed by atoms with Crippen molar-refractivity contribution >= 4 is 33.2 Å². The van der Waals surface area contributed by atoms with E-state index in [4.69, 9.17) is 4.98 Å². The Bertz CT molecular complexity index is 2140. The maximum atomic E-state index is 4.86. The summed E-state index contributed by atoms with van der Waals surface area (Å²) >= 11 is 0. The maximum absolute atomic E-state index is 4.86. The van der Waals surface area contributed by atoms with Crippen LogP contribution < -0.4 is 0 Å². The van der Waals surface area contributed by atoms with Crippen LogP contribution in [0.15, 0.2) is 134 Å². The molecule has 7 aromatic rings. The second-order valence-electron chi connectivity index (χ2n) is 10.8. The largest absolute Gasteiger partial charge is 0.217 e. The Morgan fingerprint density at radius 3 is 1.90 bits per heavy atom. The third-order valence-corrected chi connectivity index (χ3v) is 8.36. The van der Waals surface area contributed by atoms with Gasteiger partial charge in [-0.05, 0) is 73.8 Å². The number of nitrogens with zero attached hydrogens (tertiary/aromatic N) is 3. The van der Waals surface area contributed by atoms with Crippen LogP contribution in [0.3, 0.4) is 0 Å². The molecule has 6 aromatic carbocycles. The second-order valence-corrected chi connectivity index (χ2v) is 10.8. The summed E-state index contributed by atoms with van der Waals surface area (Å²) in [5, 5.41) is 5.36. The van der Waals surface area contributed by atoms with Gasteiger partial charge in [-0.3, -0.25) is 0 Å². The third-order valence-electron chi connectivity index (χ3n) is 8.36. The average Bonchev–Trinajstić information content (AvgIpc) is 3.09. The Labute approximate surface area is 244 Å². The molecular formula is C39H27N3. The topological polar surface area (TPSA) is 38.7 Å². The Hall–Kier alpha value is -5.41. The quantitative estimate of drug-likeness (QED) is 0.210. The zero-order valence-corrected chi connectivity index (χ0v) is 23.0. The molecule has 0 N–H and O–H groups in total. The number of hydrogen-bond acceptors (Lipinski definition) is 3. The number of benzene rings is 6. The number of aryl methyl sites for hydroxylation is 1. The molecule has 0 fully saturated rings. The molecule has 0 atom stereocenters. The first-order valence-electron chi connectivity index (χ1n) is 14.4. The van der Waals surface area contributed by atoms with Crippen molar-refractivity contribution in [1.29, 1.82) is 0 Å². The zero-order valence-electron chi connectivity index (χ0n) is 23.0. The maximum Gasteiger partial charge on any atom is 0.163 e. The van der Waals surface area contributed by atoms with Crippen molar-refractivity contribution < 1.29 is 0 Å². The molecule has 3 heteroatoms. The standard InChI is InChI=1S/C39H27N3/c1-2-11-26(12-3-1)38-40-25-41-39(42-38)36-20-9-4-15-30(36)29-14-10-13-27(23-29)28-21-22-35-33-18-6-5-16-31(33)32-17-7-8-19-34(32)37(35)24-28/h1-20,23-25H,21-22H2. The van der Waals surface area contributed by atoms with E-state index in [1.165, 1.54) is 43.8 Å². The van der Waals surface area contributed by atoms with Crippen molar-refractivity contribution in [3.8, 4) is 33.9 Å². The monoisotopic (exact) mass is 537 g/mol. The SMILES string of the molecule is C1=C(c2cccc(-c3ccccc3-c3ncnc(-c4ccccc4)n3)c2)CCc2c1c1ccccc1c1ccccc21. The van der Waals surface area contributed by atoms with Gasteiger partial charge < -0.3 is 0 Å². The van der Waals surface area contributed by atoms with Gasteiger partial charge in [-0.2, -0.15) is 0 Å². The molecule has 1 heterocycles. The van der Waals surface area contributed by atoms with Crippen LogP contribution in [0.1, 0.15) is 23.1 Å². The van der Waals surface area contributed by atoms with Gasteiger partial charge in [0.2, 0.25) is 0 Å². The Kier molecular flexibility index (Phi) is 5.93. The van der Waals surface area contributed by atoms with Gasteiger partial charge in [-0.1, -0.05) is 127 Å². The summed E-state index contributed by atoms with van der Waals surface area (Å²) in [5.41, 5.74) is 9.67. The van der Waals surface area contributed by atoms with Crippen LogP contribution in [-0.2, 0) is 6.42 Å². The lowest BCUT2D eigenvalue weighted by Gasteiger charge is -2.22. The minimum absolute atomic E-state index is 0.675. The molecule has 8 rings (SSSR count). The van der Waals surface area contributed by atoms with E-state index >= 15 is 0 Å². The molecule has 0 saturated carbocycles. The first-order valence-corrected chi connectivity index (χ1v) is 14.4. The number of fused-ring (bicyclic) bond motifs is 6. The minimum Gasteiger partial charge on any atom is -0.217 e. The van der Waals surface area contributed by atoms with Gasteiger partial charge in [0.25, 0.3) is 0 Å². The van der Waals surface area contributed by atoms with Crippen LogP contribution in [0.2, 0.25) is 0 Å². The summed E-state index contributed by atoms with van der Waals surface area (Å²) in [6, 6.07) is 45.0. The highest BCUT2D eigenvalue weighted by atomic mass is 15.0. The molecule has 0 spiro atoms. The minimum atomic E-state index is 0.675. The predicted octanol–water partition coefficient (Wildman–Crippen LogP) is 9.67. The molecule has 0 aliphatic heterocycles. The lowest BCUT2D eigenvalue weighted by Crippen LogP contribution is -2.02. The van der Waals surface area contributed by atoms with Gasteiger partial charge in [0, 0.05) is 11.1 Å². The highest BCUT2D eigenvalue weighted by molar-refractivity contribution is 6.14. The summed E-state index contributed by atoms with van der Waals surface area (Å²) in [5.74, 6) is 1.35. The van der Waals surface area contributed by atoms with E-state index in [0.29, 0.717) is 11.6 Å². The summed E-state index contributed by atoms with van der Waals surface area (Å²) in [4.78, 5) is 13.9. The number of aromatic nitrogens is 3. The molecule has 0 saturated heterocycles. The Morgan fingerprint density at radius 2 is 1.07 bits per heavy atom. The van der Waals surface area contributed by atoms with E-state index in [1.807, 2.05) is 36.4 Å². The third kappa shape index (κ3) is 4.18. The average molecular weight is 538 g/mol. The molecule has 3 nitrogen and oxygen atoms in total. The smallest absolute Gasteiger partial charge is 0.163 e. The fraction of sp³-hybridized carbons (Fsp3) is 0.0513. The fourth-order valence-corrected chi connectivity index (χ4v) is 6.38. The van der Waals surface area contributed by atoms with Crippen molar-refractivity contribution in [3.05, 3.63) is 150 Å². The Morgan fingerprint density at radius 1 is 0.452 bits per heavy atom. The first-order chi connectivity index (χ1) is 20.8. The summed E-state index contributed by atoms with van der Waals surface area (Å²) in [6.07, 6.45) is 6.07. The molecular weight excluding hydrogens is 510 g/mol. The lowest BCUT2D eigenvalue weighted by molar-refractivity contribution is 1.02. The summed E-state index contributed by atoms with van der Waals surface area (Å²) < 4.78 is 0. The van der Waals surface area contributed by atoms with Crippen LogP contribution in [0.4, 0.5) is 0 Å². The van der Waals surface area contributed by atoms with Crippen molar-refractivity contribution in [1.82, 2.24) is 15.0 Å². The normalized spacial score (nSPS) is 12.7. The van der Waals surface area contributed by atoms with E-state index in [0.717, 1.165) is 35.1 Å². The Balaban J connectivity index is 1.23. The molecule has 1 aromatic heterocycles. The molecule has 1 aliphatic carbocycles. The van der Waals surface area contributed by atoms with Crippen molar-refractivity contribution in [3.63, 3.8) is 0 Å². The van der Waals surface area contributed by atoms with Gasteiger partial charge in [0.15, 0.2) is 11.6 Å². The number of allylic oxidation sites excluding steroid dienone is 1. The van der Waals surface area contributed by atoms with Crippen molar-refractivity contribution in [2.75, 3.05) is 0 Å². The molecule has 42 heavy (non-hydrogen) atoms. The molecule has 0 unspecified atom stereocenters. The summed E-state index contributed by atoms with van der Waals surface area (Å²) in [6.45, 7) is 0. The molecule has 0 bridgehead atoms. The van der Waals surface area contributed by atoms with Gasteiger partial charge in [-0.15, -0.1) is 0 Å². The van der Waals surface area contributed by atoms with Crippen LogP contribution >= 0.6 is 0 Å². The van der Waals surface area contributed by atoms with E-state index in [2.05, 4.69) is 107 Å².